The Morgan fingerprint density at radius 3 is 2.40 bits per heavy atom. The van der Waals surface area contributed by atoms with Crippen molar-refractivity contribution in [3.8, 4) is 17.2 Å². The van der Waals surface area contributed by atoms with E-state index in [0.717, 1.165) is 17.7 Å². The summed E-state index contributed by atoms with van der Waals surface area (Å²) >= 11 is 1.34. The molecule has 2 aromatic heterocycles. The van der Waals surface area contributed by atoms with Gasteiger partial charge in [-0.3, -0.25) is 4.79 Å². The molecule has 3 aromatic rings. The number of esters is 1. The predicted molar refractivity (Wildman–Crippen MR) is 111 cm³/mol. The van der Waals surface area contributed by atoms with Crippen molar-refractivity contribution < 1.29 is 23.4 Å². The number of rotatable bonds is 7. The number of hydrogen-bond donors (Lipinski definition) is 0. The van der Waals surface area contributed by atoms with Gasteiger partial charge in [0.15, 0.2) is 5.16 Å². The number of methoxy groups -OCH3 is 2. The molecule has 0 amide bonds. The van der Waals surface area contributed by atoms with Crippen molar-refractivity contribution in [2.24, 2.45) is 0 Å². The van der Waals surface area contributed by atoms with Crippen LogP contribution in [0.4, 0.5) is 0 Å². The SMILES string of the molecule is COc1ccc(C(=O)Oc2coc(CSc3nc(C)cc(C)n3)cc2=O)c(OC)c1. The largest absolute Gasteiger partial charge is 0.497 e. The highest BCUT2D eigenvalue weighted by molar-refractivity contribution is 7.98. The lowest BCUT2D eigenvalue weighted by Gasteiger charge is -2.10. The van der Waals surface area contributed by atoms with E-state index in [-0.39, 0.29) is 17.1 Å². The lowest BCUT2D eigenvalue weighted by atomic mass is 10.2. The summed E-state index contributed by atoms with van der Waals surface area (Å²) in [5, 5.41) is 0.595. The fourth-order valence-corrected chi connectivity index (χ4v) is 3.44. The highest BCUT2D eigenvalue weighted by Gasteiger charge is 2.18. The first-order valence-electron chi connectivity index (χ1n) is 8.90. The number of carbonyl (C=O) groups excluding carboxylic acids is 1. The second-order valence-electron chi connectivity index (χ2n) is 6.25. The van der Waals surface area contributed by atoms with Crippen molar-refractivity contribution >= 4 is 17.7 Å². The third-order valence-electron chi connectivity index (χ3n) is 3.99. The maximum absolute atomic E-state index is 12.5. The van der Waals surface area contributed by atoms with Crippen LogP contribution in [0.15, 0.2) is 51.0 Å². The fraction of sp³-hybridized carbons (Fsp3) is 0.238. The van der Waals surface area contributed by atoms with E-state index in [4.69, 9.17) is 18.6 Å². The first-order chi connectivity index (χ1) is 14.4. The third-order valence-corrected chi connectivity index (χ3v) is 4.86. The second-order valence-corrected chi connectivity index (χ2v) is 7.20. The molecule has 2 heterocycles. The summed E-state index contributed by atoms with van der Waals surface area (Å²) < 4.78 is 20.9. The van der Waals surface area contributed by atoms with Gasteiger partial charge in [-0.25, -0.2) is 14.8 Å². The number of benzene rings is 1. The molecule has 0 atom stereocenters. The number of aromatic nitrogens is 2. The zero-order valence-corrected chi connectivity index (χ0v) is 17.7. The van der Waals surface area contributed by atoms with Crippen molar-refractivity contribution in [3.05, 3.63) is 69.5 Å². The smallest absolute Gasteiger partial charge is 0.347 e. The van der Waals surface area contributed by atoms with Crippen molar-refractivity contribution in [2.45, 2.75) is 24.8 Å². The standard InChI is InChI=1S/C21H20N2O6S/c1-12-7-13(2)23-21(22-12)30-11-15-8-17(24)19(10-28-15)29-20(25)16-6-5-14(26-3)9-18(16)27-4/h5-10H,11H2,1-4H3. The van der Waals surface area contributed by atoms with Gasteiger partial charge >= 0.3 is 5.97 Å². The molecule has 0 saturated heterocycles. The summed E-state index contributed by atoms with van der Waals surface area (Å²) in [6.45, 7) is 3.78. The van der Waals surface area contributed by atoms with E-state index in [0.29, 0.717) is 22.4 Å². The maximum atomic E-state index is 12.5. The first kappa shape index (κ1) is 21.4. The normalized spacial score (nSPS) is 10.5. The number of thioether (sulfide) groups is 1. The van der Waals surface area contributed by atoms with E-state index >= 15 is 0 Å². The Morgan fingerprint density at radius 1 is 1.03 bits per heavy atom. The summed E-state index contributed by atoms with van der Waals surface area (Å²) in [5.74, 6) is 0.609. The van der Waals surface area contributed by atoms with Crippen LogP contribution in [0.5, 0.6) is 17.2 Å². The highest BCUT2D eigenvalue weighted by Crippen LogP contribution is 2.26. The monoisotopic (exact) mass is 428 g/mol. The van der Waals surface area contributed by atoms with Gasteiger partial charge < -0.3 is 18.6 Å². The number of carbonyl (C=O) groups is 1. The van der Waals surface area contributed by atoms with Gasteiger partial charge in [0, 0.05) is 23.5 Å². The van der Waals surface area contributed by atoms with Crippen molar-refractivity contribution in [3.63, 3.8) is 0 Å². The van der Waals surface area contributed by atoms with E-state index in [1.54, 1.807) is 12.1 Å². The minimum absolute atomic E-state index is 0.157. The highest BCUT2D eigenvalue weighted by atomic mass is 32.2. The van der Waals surface area contributed by atoms with Gasteiger partial charge in [-0.1, -0.05) is 11.8 Å². The Labute approximate surface area is 177 Å². The van der Waals surface area contributed by atoms with E-state index in [1.165, 1.54) is 38.1 Å². The van der Waals surface area contributed by atoms with Crippen LogP contribution < -0.4 is 19.6 Å². The molecule has 0 spiro atoms. The summed E-state index contributed by atoms with van der Waals surface area (Å²) in [4.78, 5) is 33.5. The summed E-state index contributed by atoms with van der Waals surface area (Å²) in [6, 6.07) is 7.80. The molecule has 8 nitrogen and oxygen atoms in total. The topological polar surface area (TPSA) is 101 Å². The van der Waals surface area contributed by atoms with Gasteiger partial charge in [-0.15, -0.1) is 0 Å². The quantitative estimate of drug-likeness (QED) is 0.317. The molecule has 1 aromatic carbocycles. The molecule has 3 rings (SSSR count). The van der Waals surface area contributed by atoms with Crippen LogP contribution in [0.3, 0.4) is 0 Å². The Bertz CT molecular complexity index is 1110. The molecule has 0 N–H and O–H groups in total. The third kappa shape index (κ3) is 5.18. The summed E-state index contributed by atoms with van der Waals surface area (Å²) in [6.07, 6.45) is 1.12. The maximum Gasteiger partial charge on any atom is 0.347 e. The van der Waals surface area contributed by atoms with Gasteiger partial charge in [0.2, 0.25) is 11.2 Å². The molecular weight excluding hydrogens is 408 g/mol. The molecule has 0 aliphatic rings. The van der Waals surface area contributed by atoms with Crippen LogP contribution in [-0.2, 0) is 5.75 Å². The second kappa shape index (κ2) is 9.45. The molecule has 30 heavy (non-hydrogen) atoms. The molecule has 0 bridgehead atoms. The van der Waals surface area contributed by atoms with Crippen LogP contribution in [0.25, 0.3) is 0 Å². The first-order valence-corrected chi connectivity index (χ1v) is 9.89. The lowest BCUT2D eigenvalue weighted by Crippen LogP contribution is -2.15. The zero-order chi connectivity index (χ0) is 21.7. The Morgan fingerprint density at radius 2 is 1.77 bits per heavy atom. The van der Waals surface area contributed by atoms with E-state index in [1.807, 2.05) is 19.9 Å². The van der Waals surface area contributed by atoms with Gasteiger partial charge in [0.05, 0.1) is 20.0 Å². The van der Waals surface area contributed by atoms with Crippen LogP contribution in [0.1, 0.15) is 27.5 Å². The van der Waals surface area contributed by atoms with Crippen LogP contribution in [-0.4, -0.2) is 30.2 Å². The van der Waals surface area contributed by atoms with Crippen molar-refractivity contribution in [2.75, 3.05) is 14.2 Å². The van der Waals surface area contributed by atoms with Gasteiger partial charge in [-0.05, 0) is 32.0 Å². The number of ether oxygens (including phenoxy) is 3. The molecule has 0 fully saturated rings. The molecular formula is C21H20N2O6S. The number of nitrogens with zero attached hydrogens (tertiary/aromatic N) is 2. The predicted octanol–water partition coefficient (Wildman–Crippen LogP) is 3.58. The molecule has 0 aliphatic carbocycles. The number of hydrogen-bond acceptors (Lipinski definition) is 9. The Balaban J connectivity index is 1.71. The van der Waals surface area contributed by atoms with E-state index in [9.17, 15) is 9.59 Å². The molecule has 0 radical (unpaired) electrons. The average Bonchev–Trinajstić information content (AvgIpc) is 2.72. The minimum atomic E-state index is -0.743. The Kier molecular flexibility index (Phi) is 6.73. The van der Waals surface area contributed by atoms with Crippen LogP contribution in [0, 0.1) is 13.8 Å². The van der Waals surface area contributed by atoms with Crippen molar-refractivity contribution in [1.29, 1.82) is 0 Å². The summed E-state index contributed by atoms with van der Waals surface area (Å²) in [5.41, 5.74) is 1.41. The fourth-order valence-electron chi connectivity index (χ4n) is 2.60. The van der Waals surface area contributed by atoms with Gasteiger partial charge in [-0.2, -0.15) is 0 Å². The Hall–Kier alpha value is -3.33. The van der Waals surface area contributed by atoms with Crippen LogP contribution in [0.2, 0.25) is 0 Å². The molecule has 0 unspecified atom stereocenters. The van der Waals surface area contributed by atoms with Crippen LogP contribution >= 0.6 is 11.8 Å². The van der Waals surface area contributed by atoms with E-state index in [2.05, 4.69) is 9.97 Å². The van der Waals surface area contributed by atoms with Crippen molar-refractivity contribution in [1.82, 2.24) is 9.97 Å². The summed E-state index contributed by atoms with van der Waals surface area (Å²) in [7, 11) is 2.93. The lowest BCUT2D eigenvalue weighted by molar-refractivity contribution is 0.0725. The molecule has 156 valence electrons. The molecule has 9 heteroatoms. The molecule has 0 saturated carbocycles. The van der Waals surface area contributed by atoms with Gasteiger partial charge in [0.1, 0.15) is 29.1 Å². The molecule has 0 aliphatic heterocycles. The minimum Gasteiger partial charge on any atom is -0.497 e. The zero-order valence-electron chi connectivity index (χ0n) is 16.9. The number of aryl methyl sites for hydroxylation is 2. The van der Waals surface area contributed by atoms with Gasteiger partial charge in [0.25, 0.3) is 0 Å². The average molecular weight is 428 g/mol. The van der Waals surface area contributed by atoms with E-state index < -0.39 is 11.4 Å².